The van der Waals surface area contributed by atoms with Gasteiger partial charge in [0.25, 0.3) is 5.91 Å². The van der Waals surface area contributed by atoms with E-state index in [4.69, 9.17) is 4.74 Å². The molecule has 2 heterocycles. The number of hydrogen-bond donors (Lipinski definition) is 0. The first-order valence-corrected chi connectivity index (χ1v) is 10.7. The molecule has 1 aliphatic rings. The second kappa shape index (κ2) is 8.09. The number of rotatable bonds is 7. The van der Waals surface area contributed by atoms with E-state index in [0.29, 0.717) is 18.0 Å². The molecule has 2 aromatic heterocycles. The summed E-state index contributed by atoms with van der Waals surface area (Å²) in [7, 11) is 1.66. The minimum atomic E-state index is 0.0454. The number of aromatic nitrogens is 3. The van der Waals surface area contributed by atoms with Crippen molar-refractivity contribution in [1.29, 1.82) is 0 Å². The highest BCUT2D eigenvalue weighted by Crippen LogP contribution is 2.37. The van der Waals surface area contributed by atoms with Gasteiger partial charge in [0.05, 0.1) is 24.3 Å². The first kappa shape index (κ1) is 20.4. The first-order chi connectivity index (χ1) is 14.4. The van der Waals surface area contributed by atoms with Gasteiger partial charge in [0, 0.05) is 24.3 Å². The molecular formula is C24H30N4O2. The van der Waals surface area contributed by atoms with Crippen LogP contribution >= 0.6 is 0 Å². The molecular weight excluding hydrogens is 376 g/mol. The fraction of sp³-hybridized carbons (Fsp3) is 0.458. The zero-order valence-corrected chi connectivity index (χ0v) is 18.4. The summed E-state index contributed by atoms with van der Waals surface area (Å²) < 4.78 is 7.16. The summed E-state index contributed by atoms with van der Waals surface area (Å²) in [4.78, 5) is 20.5. The van der Waals surface area contributed by atoms with Gasteiger partial charge in [-0.1, -0.05) is 12.1 Å². The highest BCUT2D eigenvalue weighted by molar-refractivity contribution is 6.05. The molecule has 0 saturated heterocycles. The molecule has 0 aliphatic heterocycles. The van der Waals surface area contributed by atoms with Gasteiger partial charge in [-0.2, -0.15) is 5.10 Å². The van der Waals surface area contributed by atoms with Crippen LogP contribution in [0, 0.1) is 12.8 Å². The van der Waals surface area contributed by atoms with Gasteiger partial charge >= 0.3 is 0 Å². The molecule has 3 aromatic rings. The van der Waals surface area contributed by atoms with E-state index in [-0.39, 0.29) is 18.0 Å². The molecule has 30 heavy (non-hydrogen) atoms. The van der Waals surface area contributed by atoms with E-state index in [0.717, 1.165) is 28.0 Å². The average molecular weight is 407 g/mol. The second-order valence-electron chi connectivity index (χ2n) is 8.59. The molecule has 1 aromatic carbocycles. The van der Waals surface area contributed by atoms with Crippen LogP contribution in [0.2, 0.25) is 0 Å². The number of carbonyl (C=O) groups is 1. The van der Waals surface area contributed by atoms with E-state index < -0.39 is 0 Å². The van der Waals surface area contributed by atoms with E-state index in [1.807, 2.05) is 46.8 Å². The van der Waals surface area contributed by atoms with Crippen molar-refractivity contribution in [2.24, 2.45) is 5.92 Å². The van der Waals surface area contributed by atoms with Crippen LogP contribution in [-0.4, -0.2) is 38.7 Å². The topological polar surface area (TPSA) is 60.2 Å². The zero-order chi connectivity index (χ0) is 21.4. The molecule has 158 valence electrons. The molecule has 0 bridgehead atoms. The normalized spacial score (nSPS) is 14.9. The smallest absolute Gasteiger partial charge is 0.255 e. The summed E-state index contributed by atoms with van der Waals surface area (Å²) in [5.74, 6) is 1.44. The Hall–Kier alpha value is -2.89. The van der Waals surface area contributed by atoms with Gasteiger partial charge in [0.1, 0.15) is 5.75 Å². The number of pyridine rings is 1. The maximum atomic E-state index is 13.8. The van der Waals surface area contributed by atoms with Crippen molar-refractivity contribution in [2.75, 3.05) is 7.11 Å². The third kappa shape index (κ3) is 3.91. The molecule has 0 spiro atoms. The Labute approximate surface area is 177 Å². The highest BCUT2D eigenvalue weighted by atomic mass is 16.5. The van der Waals surface area contributed by atoms with E-state index in [1.54, 1.807) is 13.3 Å². The van der Waals surface area contributed by atoms with Gasteiger partial charge in [-0.3, -0.25) is 4.79 Å². The van der Waals surface area contributed by atoms with Crippen LogP contribution in [0.15, 0.2) is 36.5 Å². The Balaban J connectivity index is 1.72. The van der Waals surface area contributed by atoms with Crippen molar-refractivity contribution < 1.29 is 9.53 Å². The van der Waals surface area contributed by atoms with Crippen molar-refractivity contribution >= 4 is 16.9 Å². The lowest BCUT2D eigenvalue weighted by molar-refractivity contribution is 0.0656. The lowest BCUT2D eigenvalue weighted by Crippen LogP contribution is -2.39. The molecule has 4 rings (SSSR count). The van der Waals surface area contributed by atoms with Crippen LogP contribution < -0.4 is 4.74 Å². The zero-order valence-electron chi connectivity index (χ0n) is 18.4. The van der Waals surface area contributed by atoms with Crippen LogP contribution in [0.25, 0.3) is 11.0 Å². The molecule has 1 fully saturated rings. The number of benzene rings is 1. The number of nitrogens with zero attached hydrogens (tertiary/aromatic N) is 4. The number of ether oxygens (including phenoxy) is 1. The third-order valence-electron chi connectivity index (χ3n) is 5.98. The first-order valence-electron chi connectivity index (χ1n) is 10.7. The Morgan fingerprint density at radius 2 is 1.93 bits per heavy atom. The summed E-state index contributed by atoms with van der Waals surface area (Å²) in [5.41, 5.74) is 3.38. The van der Waals surface area contributed by atoms with Crippen LogP contribution in [0.3, 0.4) is 0 Å². The van der Waals surface area contributed by atoms with Crippen molar-refractivity contribution in [3.8, 4) is 5.75 Å². The van der Waals surface area contributed by atoms with Crippen LogP contribution in [0.1, 0.15) is 61.3 Å². The number of fused-ring (bicyclic) bond motifs is 1. The quantitative estimate of drug-likeness (QED) is 0.567. The summed E-state index contributed by atoms with van der Waals surface area (Å²) in [6.07, 6.45) is 4.15. The molecule has 1 atom stereocenters. The largest absolute Gasteiger partial charge is 0.497 e. The minimum Gasteiger partial charge on any atom is -0.497 e. The Morgan fingerprint density at radius 3 is 2.53 bits per heavy atom. The van der Waals surface area contributed by atoms with E-state index >= 15 is 0 Å². The van der Waals surface area contributed by atoms with Crippen molar-refractivity contribution in [2.45, 2.75) is 59.2 Å². The third-order valence-corrected chi connectivity index (χ3v) is 5.98. The van der Waals surface area contributed by atoms with E-state index in [9.17, 15) is 4.79 Å². The van der Waals surface area contributed by atoms with Gasteiger partial charge in [-0.05, 0) is 70.2 Å². The van der Waals surface area contributed by atoms with Crippen LogP contribution in [0.4, 0.5) is 0 Å². The lowest BCUT2D eigenvalue weighted by atomic mass is 10.1. The number of carbonyl (C=O) groups excluding carboxylic acids is 1. The molecule has 0 radical (unpaired) electrons. The maximum Gasteiger partial charge on any atom is 0.255 e. The van der Waals surface area contributed by atoms with Crippen LogP contribution in [-0.2, 0) is 6.54 Å². The van der Waals surface area contributed by atoms with Gasteiger partial charge in [0.2, 0.25) is 0 Å². The molecule has 6 nitrogen and oxygen atoms in total. The predicted octanol–water partition coefficient (Wildman–Crippen LogP) is 4.77. The molecule has 1 aliphatic carbocycles. The second-order valence-corrected chi connectivity index (χ2v) is 8.59. The highest BCUT2D eigenvalue weighted by Gasteiger charge is 2.35. The minimum absolute atomic E-state index is 0.0454. The van der Waals surface area contributed by atoms with Gasteiger partial charge in [-0.15, -0.1) is 0 Å². The Morgan fingerprint density at radius 1 is 1.23 bits per heavy atom. The fourth-order valence-electron chi connectivity index (χ4n) is 4.01. The Bertz CT molecular complexity index is 1050. The Kier molecular flexibility index (Phi) is 5.50. The van der Waals surface area contributed by atoms with Crippen LogP contribution in [0.5, 0.6) is 5.75 Å². The van der Waals surface area contributed by atoms with Gasteiger partial charge in [0.15, 0.2) is 5.65 Å². The van der Waals surface area contributed by atoms with Gasteiger partial charge < -0.3 is 9.64 Å². The maximum absolute atomic E-state index is 13.8. The van der Waals surface area contributed by atoms with Crippen molar-refractivity contribution in [3.63, 3.8) is 0 Å². The SMILES string of the molecule is COc1ccc(CN(C(=O)c2cc(C)nc3c2cnn3C(C)C)C(C)C2CC2)cc1. The molecule has 1 saturated carbocycles. The van der Waals surface area contributed by atoms with Crippen molar-refractivity contribution in [1.82, 2.24) is 19.7 Å². The standard InChI is InChI=1S/C24H30N4O2/c1-15(2)28-23-22(13-25-28)21(12-16(3)26-23)24(29)27(17(4)19-8-9-19)14-18-6-10-20(30-5)11-7-18/h6-7,10-13,15,17,19H,8-9,14H2,1-5H3. The lowest BCUT2D eigenvalue weighted by Gasteiger charge is -2.30. The summed E-state index contributed by atoms with van der Waals surface area (Å²) in [6, 6.07) is 10.2. The monoisotopic (exact) mass is 406 g/mol. The average Bonchev–Trinajstić information content (AvgIpc) is 3.50. The molecule has 1 amide bonds. The van der Waals surface area contributed by atoms with Crippen molar-refractivity contribution in [3.05, 3.63) is 53.3 Å². The number of methoxy groups -OCH3 is 1. The molecule has 1 unspecified atom stereocenters. The molecule has 0 N–H and O–H groups in total. The number of amides is 1. The number of hydrogen-bond acceptors (Lipinski definition) is 4. The molecule has 6 heteroatoms. The fourth-order valence-corrected chi connectivity index (χ4v) is 4.01. The number of aryl methyl sites for hydroxylation is 1. The predicted molar refractivity (Wildman–Crippen MR) is 118 cm³/mol. The summed E-state index contributed by atoms with van der Waals surface area (Å²) in [6.45, 7) is 8.82. The summed E-state index contributed by atoms with van der Waals surface area (Å²) >= 11 is 0. The van der Waals surface area contributed by atoms with E-state index in [2.05, 4.69) is 30.9 Å². The van der Waals surface area contributed by atoms with E-state index in [1.165, 1.54) is 12.8 Å². The summed E-state index contributed by atoms with van der Waals surface area (Å²) in [5, 5.41) is 5.32. The van der Waals surface area contributed by atoms with Gasteiger partial charge in [-0.25, -0.2) is 9.67 Å².